The molecule has 0 fully saturated rings. The van der Waals surface area contributed by atoms with Crippen LogP contribution in [-0.4, -0.2) is 6.61 Å². The maximum Gasteiger partial charge on any atom is 0.148 e. The molecule has 1 aliphatic rings. The van der Waals surface area contributed by atoms with Gasteiger partial charge in [0.2, 0.25) is 0 Å². The molecule has 0 bridgehead atoms. The Morgan fingerprint density at radius 2 is 1.57 bits per heavy atom. The van der Waals surface area contributed by atoms with Gasteiger partial charge in [-0.3, -0.25) is 0 Å². The van der Waals surface area contributed by atoms with Crippen LogP contribution < -0.4 is 4.74 Å². The first-order chi connectivity index (χ1) is 6.63. The van der Waals surface area contributed by atoms with E-state index in [-0.39, 0.29) is 10.0 Å². The summed E-state index contributed by atoms with van der Waals surface area (Å²) < 4.78 is 5.32. The van der Waals surface area contributed by atoms with Crippen LogP contribution in [0.4, 0.5) is 0 Å². The zero-order valence-corrected chi connectivity index (χ0v) is 9.81. The standard InChI is InChI=1S/C9H4Cl4O/c10-5-4-2-1-3-14-9(4)8(13)7(12)6(5)11/h1-2H,3H2. The topological polar surface area (TPSA) is 9.23 Å². The fourth-order valence-corrected chi connectivity index (χ4v) is 2.18. The number of halogens is 4. The quantitative estimate of drug-likeness (QED) is 0.490. The Kier molecular flexibility index (Phi) is 2.85. The van der Waals surface area contributed by atoms with E-state index < -0.39 is 0 Å². The fourth-order valence-electron chi connectivity index (χ4n) is 1.22. The predicted octanol–water partition coefficient (Wildman–Crippen LogP) is 4.71. The lowest BCUT2D eigenvalue weighted by molar-refractivity contribution is 0.359. The van der Waals surface area contributed by atoms with E-state index in [1.165, 1.54) is 0 Å². The van der Waals surface area contributed by atoms with E-state index in [0.29, 0.717) is 28.0 Å². The zero-order valence-electron chi connectivity index (χ0n) is 6.78. The Bertz CT molecular complexity index is 426. The lowest BCUT2D eigenvalue weighted by Gasteiger charge is -2.17. The van der Waals surface area contributed by atoms with Crippen molar-refractivity contribution in [2.75, 3.05) is 6.61 Å². The zero-order chi connectivity index (χ0) is 10.3. The van der Waals surface area contributed by atoms with Gasteiger partial charge in [-0.25, -0.2) is 0 Å². The molecule has 2 rings (SSSR count). The first kappa shape index (κ1) is 10.4. The van der Waals surface area contributed by atoms with Gasteiger partial charge < -0.3 is 4.74 Å². The van der Waals surface area contributed by atoms with Gasteiger partial charge in [-0.1, -0.05) is 52.5 Å². The Labute approximate surface area is 101 Å². The molecule has 0 radical (unpaired) electrons. The molecule has 1 aliphatic heterocycles. The third-order valence-electron chi connectivity index (χ3n) is 1.87. The highest BCUT2D eigenvalue weighted by Gasteiger charge is 2.21. The molecule has 74 valence electrons. The van der Waals surface area contributed by atoms with Gasteiger partial charge in [0.05, 0.1) is 15.1 Å². The summed E-state index contributed by atoms with van der Waals surface area (Å²) in [4.78, 5) is 0. The molecule has 0 unspecified atom stereocenters. The SMILES string of the molecule is Clc1c(Cl)c(Cl)c2c(c1Cl)C=CCO2. The molecular weight excluding hydrogens is 266 g/mol. The molecule has 0 spiro atoms. The highest BCUT2D eigenvalue weighted by Crippen LogP contribution is 2.47. The van der Waals surface area contributed by atoms with Gasteiger partial charge >= 0.3 is 0 Å². The average molecular weight is 270 g/mol. The Morgan fingerprint density at radius 3 is 2.29 bits per heavy atom. The van der Waals surface area contributed by atoms with Gasteiger partial charge in [0.25, 0.3) is 0 Å². The number of hydrogen-bond donors (Lipinski definition) is 0. The molecule has 1 nitrogen and oxygen atoms in total. The summed E-state index contributed by atoms with van der Waals surface area (Å²) in [5, 5.41) is 1.16. The van der Waals surface area contributed by atoms with Gasteiger partial charge in [0.15, 0.2) is 0 Å². The van der Waals surface area contributed by atoms with Crippen molar-refractivity contribution in [1.29, 1.82) is 0 Å². The highest BCUT2D eigenvalue weighted by molar-refractivity contribution is 6.52. The Balaban J connectivity index is 2.79. The van der Waals surface area contributed by atoms with Crippen molar-refractivity contribution in [3.8, 4) is 5.75 Å². The lowest BCUT2D eigenvalue weighted by atomic mass is 10.1. The molecule has 0 aliphatic carbocycles. The minimum Gasteiger partial charge on any atom is -0.487 e. The van der Waals surface area contributed by atoms with E-state index in [4.69, 9.17) is 51.1 Å². The number of fused-ring (bicyclic) bond motifs is 1. The molecule has 1 aromatic rings. The van der Waals surface area contributed by atoms with Crippen LogP contribution in [0, 0.1) is 0 Å². The molecular formula is C9H4Cl4O. The average Bonchev–Trinajstić information content (AvgIpc) is 2.23. The monoisotopic (exact) mass is 268 g/mol. The second-order valence-electron chi connectivity index (χ2n) is 2.71. The van der Waals surface area contributed by atoms with E-state index in [0.717, 1.165) is 0 Å². The summed E-state index contributed by atoms with van der Waals surface area (Å²) in [5.41, 5.74) is 0.678. The number of ether oxygens (including phenoxy) is 1. The van der Waals surface area contributed by atoms with Crippen LogP contribution in [0.25, 0.3) is 6.08 Å². The van der Waals surface area contributed by atoms with Gasteiger partial charge in [0, 0.05) is 5.56 Å². The van der Waals surface area contributed by atoms with Crippen molar-refractivity contribution in [3.05, 3.63) is 31.7 Å². The van der Waals surface area contributed by atoms with Crippen molar-refractivity contribution in [2.45, 2.75) is 0 Å². The van der Waals surface area contributed by atoms with Crippen LogP contribution in [0.5, 0.6) is 5.75 Å². The summed E-state index contributed by atoms with van der Waals surface area (Å²) >= 11 is 23.7. The van der Waals surface area contributed by atoms with Crippen molar-refractivity contribution in [2.24, 2.45) is 0 Å². The van der Waals surface area contributed by atoms with Gasteiger partial charge in [-0.2, -0.15) is 0 Å². The Morgan fingerprint density at radius 1 is 0.929 bits per heavy atom. The number of hydrogen-bond acceptors (Lipinski definition) is 1. The smallest absolute Gasteiger partial charge is 0.148 e. The molecule has 0 saturated heterocycles. The Hall–Kier alpha value is -0.0800. The molecule has 1 aromatic carbocycles. The third kappa shape index (κ3) is 1.49. The lowest BCUT2D eigenvalue weighted by Crippen LogP contribution is -2.02. The molecule has 0 aromatic heterocycles. The molecule has 14 heavy (non-hydrogen) atoms. The minimum atomic E-state index is 0.229. The van der Waals surface area contributed by atoms with E-state index in [1.54, 1.807) is 0 Å². The normalized spacial score (nSPS) is 13.7. The first-order valence-corrected chi connectivity index (χ1v) is 5.29. The predicted molar refractivity (Wildman–Crippen MR) is 61.0 cm³/mol. The second kappa shape index (κ2) is 3.82. The van der Waals surface area contributed by atoms with Crippen LogP contribution in [0.15, 0.2) is 6.08 Å². The van der Waals surface area contributed by atoms with Crippen LogP contribution >= 0.6 is 46.4 Å². The molecule has 0 N–H and O–H groups in total. The summed E-state index contributed by atoms with van der Waals surface area (Å²) in [6.45, 7) is 0.459. The molecule has 5 heteroatoms. The van der Waals surface area contributed by atoms with Gasteiger partial charge in [-0.05, 0) is 6.08 Å². The first-order valence-electron chi connectivity index (χ1n) is 3.78. The highest BCUT2D eigenvalue weighted by atomic mass is 35.5. The summed E-state index contributed by atoms with van der Waals surface area (Å²) in [7, 11) is 0. The van der Waals surface area contributed by atoms with Crippen molar-refractivity contribution in [1.82, 2.24) is 0 Å². The molecule has 1 heterocycles. The van der Waals surface area contributed by atoms with Crippen molar-refractivity contribution < 1.29 is 4.74 Å². The summed E-state index contributed by atoms with van der Waals surface area (Å²) in [5.74, 6) is 0.494. The summed E-state index contributed by atoms with van der Waals surface area (Å²) in [6, 6.07) is 0. The second-order valence-corrected chi connectivity index (χ2v) is 4.22. The van der Waals surface area contributed by atoms with Gasteiger partial charge in [-0.15, -0.1) is 0 Å². The van der Waals surface area contributed by atoms with E-state index >= 15 is 0 Å². The van der Waals surface area contributed by atoms with Crippen LogP contribution in [0.3, 0.4) is 0 Å². The van der Waals surface area contributed by atoms with E-state index in [1.807, 2.05) is 12.2 Å². The maximum absolute atomic E-state index is 5.98. The number of benzene rings is 1. The van der Waals surface area contributed by atoms with Crippen molar-refractivity contribution in [3.63, 3.8) is 0 Å². The van der Waals surface area contributed by atoms with E-state index in [9.17, 15) is 0 Å². The van der Waals surface area contributed by atoms with Crippen LogP contribution in [0.2, 0.25) is 20.1 Å². The molecule has 0 atom stereocenters. The summed E-state index contributed by atoms with van der Waals surface area (Å²) in [6.07, 6.45) is 3.64. The minimum absolute atomic E-state index is 0.229. The maximum atomic E-state index is 5.98. The third-order valence-corrected chi connectivity index (χ3v) is 3.67. The number of rotatable bonds is 0. The van der Waals surface area contributed by atoms with Gasteiger partial charge in [0.1, 0.15) is 17.4 Å². The van der Waals surface area contributed by atoms with Crippen LogP contribution in [0.1, 0.15) is 5.56 Å². The van der Waals surface area contributed by atoms with E-state index in [2.05, 4.69) is 0 Å². The molecule has 0 saturated carbocycles. The fraction of sp³-hybridized carbons (Fsp3) is 0.111. The van der Waals surface area contributed by atoms with Crippen molar-refractivity contribution >= 4 is 52.5 Å². The molecule has 0 amide bonds. The van der Waals surface area contributed by atoms with Crippen LogP contribution in [-0.2, 0) is 0 Å². The largest absolute Gasteiger partial charge is 0.487 e.